The lowest BCUT2D eigenvalue weighted by atomic mass is 10.1. The van der Waals surface area contributed by atoms with Gasteiger partial charge in [-0.1, -0.05) is 37.1 Å². The van der Waals surface area contributed by atoms with Crippen LogP contribution in [0.3, 0.4) is 0 Å². The topological polar surface area (TPSA) is 156 Å². The first kappa shape index (κ1) is 20.8. The van der Waals surface area contributed by atoms with Crippen molar-refractivity contribution in [3.8, 4) is 0 Å². The first-order chi connectivity index (χ1) is 12.8. The Morgan fingerprint density at radius 2 is 2.04 bits per heavy atom. The van der Waals surface area contributed by atoms with Gasteiger partial charge in [-0.25, -0.2) is 0 Å². The van der Waals surface area contributed by atoms with Crippen LogP contribution in [-0.4, -0.2) is 51.6 Å². The minimum absolute atomic E-state index is 0.0826. The highest BCUT2D eigenvalue weighted by Crippen LogP contribution is 2.22. The minimum atomic E-state index is -1.17. The zero-order chi connectivity index (χ0) is 20.1. The van der Waals surface area contributed by atoms with Gasteiger partial charge in [-0.2, -0.15) is 0 Å². The molecular weight excluding hydrogens is 370 g/mol. The van der Waals surface area contributed by atoms with E-state index in [1.807, 2.05) is 6.92 Å². The SMILES string of the molecule is CCCCN(C(=N)N1C(=N)C(Cl)N=C(C(N)=O)C1N)c1ccc(CO)cc1. The maximum atomic E-state index is 11.6. The number of primary amides is 1. The van der Waals surface area contributed by atoms with Gasteiger partial charge in [-0.3, -0.25) is 25.5 Å². The van der Waals surface area contributed by atoms with Crippen molar-refractivity contribution in [3.63, 3.8) is 0 Å². The molecule has 0 fully saturated rings. The molecule has 27 heavy (non-hydrogen) atoms. The van der Waals surface area contributed by atoms with Gasteiger partial charge < -0.3 is 21.5 Å². The standard InChI is InChI=1S/C17H24ClN7O2/c1-2-3-8-24(11-6-4-10(9-26)5-7-11)17(22)25-14(19)12(16(21)27)23-13(18)15(25)20/h4-7,13-14,20,22,26H,2-3,8-9,19H2,1H3,(H2,21,27). The molecule has 2 rings (SSSR count). The second-order valence-corrected chi connectivity index (χ2v) is 6.48. The molecule has 1 aromatic carbocycles. The number of unbranched alkanes of at least 4 members (excludes halogenated alkanes) is 1. The third-order valence-corrected chi connectivity index (χ3v) is 4.50. The van der Waals surface area contributed by atoms with E-state index in [1.165, 1.54) is 0 Å². The number of aliphatic hydroxyl groups is 1. The molecule has 0 aromatic heterocycles. The number of nitrogens with one attached hydrogen (secondary N) is 2. The number of aliphatic hydroxyl groups excluding tert-OH is 1. The van der Waals surface area contributed by atoms with Crippen molar-refractivity contribution >= 4 is 40.7 Å². The summed E-state index contributed by atoms with van der Waals surface area (Å²) in [5.41, 5.74) is 11.5. The van der Waals surface area contributed by atoms with Crippen molar-refractivity contribution in [1.29, 1.82) is 10.8 Å². The molecule has 0 radical (unpaired) electrons. The number of nitrogens with zero attached hydrogens (tertiary/aromatic N) is 3. The Morgan fingerprint density at radius 3 is 2.56 bits per heavy atom. The molecule has 0 saturated carbocycles. The average Bonchev–Trinajstić information content (AvgIpc) is 2.65. The highest BCUT2D eigenvalue weighted by Gasteiger charge is 2.38. The maximum absolute atomic E-state index is 11.6. The fraction of sp³-hybridized carbons (Fsp3) is 0.412. The largest absolute Gasteiger partial charge is 0.392 e. The number of carbonyl (C=O) groups is 1. The summed E-state index contributed by atoms with van der Waals surface area (Å²) in [5, 5.41) is 26.1. The fourth-order valence-corrected chi connectivity index (χ4v) is 2.90. The number of rotatable bonds is 6. The summed E-state index contributed by atoms with van der Waals surface area (Å²) in [6, 6.07) is 7.06. The van der Waals surface area contributed by atoms with E-state index in [0.717, 1.165) is 23.3 Å². The summed E-state index contributed by atoms with van der Waals surface area (Å²) in [4.78, 5) is 18.3. The zero-order valence-corrected chi connectivity index (χ0v) is 15.8. The van der Waals surface area contributed by atoms with Gasteiger partial charge in [0.25, 0.3) is 5.91 Å². The number of nitrogens with two attached hydrogens (primary N) is 2. The van der Waals surface area contributed by atoms with Gasteiger partial charge in [0.05, 0.1) is 6.61 Å². The lowest BCUT2D eigenvalue weighted by molar-refractivity contribution is -0.112. The highest BCUT2D eigenvalue weighted by atomic mass is 35.5. The Hall–Kier alpha value is -2.49. The maximum Gasteiger partial charge on any atom is 0.266 e. The number of hydrogen-bond donors (Lipinski definition) is 5. The van der Waals surface area contributed by atoms with Crippen LogP contribution in [0.4, 0.5) is 5.69 Å². The molecule has 0 spiro atoms. The van der Waals surface area contributed by atoms with E-state index in [-0.39, 0.29) is 24.1 Å². The smallest absolute Gasteiger partial charge is 0.266 e. The molecule has 2 atom stereocenters. The van der Waals surface area contributed by atoms with Gasteiger partial charge in [0.1, 0.15) is 17.7 Å². The van der Waals surface area contributed by atoms with Gasteiger partial charge in [0.15, 0.2) is 5.50 Å². The van der Waals surface area contributed by atoms with E-state index in [1.54, 1.807) is 29.2 Å². The molecule has 1 aliphatic rings. The normalized spacial score (nSPS) is 19.6. The molecule has 0 aliphatic carbocycles. The van der Waals surface area contributed by atoms with Gasteiger partial charge in [-0.15, -0.1) is 0 Å². The van der Waals surface area contributed by atoms with Crippen molar-refractivity contribution in [1.82, 2.24) is 4.90 Å². The number of carbonyl (C=O) groups excluding carboxylic acids is 1. The van der Waals surface area contributed by atoms with Crippen molar-refractivity contribution in [2.24, 2.45) is 16.5 Å². The van der Waals surface area contributed by atoms with Crippen molar-refractivity contribution in [2.75, 3.05) is 11.4 Å². The van der Waals surface area contributed by atoms with Crippen LogP contribution >= 0.6 is 11.6 Å². The van der Waals surface area contributed by atoms with Crippen LogP contribution < -0.4 is 16.4 Å². The van der Waals surface area contributed by atoms with Crippen LogP contribution in [0, 0.1) is 10.8 Å². The summed E-state index contributed by atoms with van der Waals surface area (Å²) in [7, 11) is 0. The predicted molar refractivity (Wildman–Crippen MR) is 106 cm³/mol. The van der Waals surface area contributed by atoms with Crippen LogP contribution in [0.5, 0.6) is 0 Å². The summed E-state index contributed by atoms with van der Waals surface area (Å²) in [6.45, 7) is 2.44. The lowest BCUT2D eigenvalue weighted by Gasteiger charge is -2.39. The van der Waals surface area contributed by atoms with Gasteiger partial charge in [0.2, 0.25) is 5.96 Å². The molecule has 146 valence electrons. The molecule has 9 nitrogen and oxygen atoms in total. The number of halogens is 1. The molecule has 1 aromatic rings. The molecule has 1 aliphatic heterocycles. The molecule has 1 heterocycles. The Kier molecular flexibility index (Phi) is 6.89. The second kappa shape index (κ2) is 8.94. The van der Waals surface area contributed by atoms with Gasteiger partial charge >= 0.3 is 0 Å². The number of benzene rings is 1. The first-order valence-electron chi connectivity index (χ1n) is 8.52. The Morgan fingerprint density at radius 1 is 1.41 bits per heavy atom. The third kappa shape index (κ3) is 4.44. The quantitative estimate of drug-likeness (QED) is 0.209. The van der Waals surface area contributed by atoms with E-state index < -0.39 is 17.6 Å². The van der Waals surface area contributed by atoms with Gasteiger partial charge in [-0.05, 0) is 24.1 Å². The summed E-state index contributed by atoms with van der Waals surface area (Å²) in [5.74, 6) is -1.14. The lowest BCUT2D eigenvalue weighted by Crippen LogP contribution is -2.64. The number of aliphatic imine (C=N–C) groups is 1. The molecule has 10 heteroatoms. The summed E-state index contributed by atoms with van der Waals surface area (Å²) >= 11 is 6.04. The predicted octanol–water partition coefficient (Wildman–Crippen LogP) is 0.789. The van der Waals surface area contributed by atoms with Crippen molar-refractivity contribution < 1.29 is 9.90 Å². The zero-order valence-electron chi connectivity index (χ0n) is 15.0. The number of alkyl halides is 1. The van der Waals surface area contributed by atoms with Crippen LogP contribution in [0.25, 0.3) is 0 Å². The van der Waals surface area contributed by atoms with E-state index in [2.05, 4.69) is 4.99 Å². The number of amidine groups is 1. The number of hydrogen-bond acceptors (Lipinski definition) is 6. The molecule has 0 saturated heterocycles. The number of guanidine groups is 1. The van der Waals surface area contributed by atoms with Crippen molar-refractivity contribution in [2.45, 2.75) is 38.0 Å². The van der Waals surface area contributed by atoms with E-state index in [4.69, 9.17) is 33.9 Å². The molecule has 1 amide bonds. The van der Waals surface area contributed by atoms with Crippen LogP contribution in [0.2, 0.25) is 0 Å². The second-order valence-electron chi connectivity index (χ2n) is 6.07. The molecule has 0 bridgehead atoms. The number of amides is 1. The van der Waals surface area contributed by atoms with Crippen LogP contribution in [0.1, 0.15) is 25.3 Å². The number of anilines is 1. The van der Waals surface area contributed by atoms with Gasteiger partial charge in [0, 0.05) is 12.2 Å². The minimum Gasteiger partial charge on any atom is -0.392 e. The molecular formula is C17H24ClN7O2. The molecule has 2 unspecified atom stereocenters. The van der Waals surface area contributed by atoms with E-state index >= 15 is 0 Å². The van der Waals surface area contributed by atoms with Crippen LogP contribution in [-0.2, 0) is 11.4 Å². The average molecular weight is 394 g/mol. The molecule has 7 N–H and O–H groups in total. The highest BCUT2D eigenvalue weighted by molar-refractivity contribution is 6.45. The summed E-state index contributed by atoms with van der Waals surface area (Å²) in [6.07, 6.45) is 0.522. The van der Waals surface area contributed by atoms with Crippen LogP contribution in [0.15, 0.2) is 29.3 Å². The van der Waals surface area contributed by atoms with E-state index in [0.29, 0.717) is 12.2 Å². The Balaban J connectivity index is 2.39. The van der Waals surface area contributed by atoms with Crippen molar-refractivity contribution in [3.05, 3.63) is 29.8 Å². The Bertz CT molecular complexity index is 750. The van der Waals surface area contributed by atoms with E-state index in [9.17, 15) is 9.90 Å². The fourth-order valence-electron chi connectivity index (χ4n) is 2.69. The Labute approximate surface area is 162 Å². The third-order valence-electron chi connectivity index (χ3n) is 4.20. The monoisotopic (exact) mass is 393 g/mol. The summed E-state index contributed by atoms with van der Waals surface area (Å²) < 4.78 is 0. The first-order valence-corrected chi connectivity index (χ1v) is 8.96.